The molecule has 0 aromatic carbocycles. The van der Waals surface area contributed by atoms with Gasteiger partial charge in [-0.2, -0.15) is 5.10 Å². The van der Waals surface area contributed by atoms with Crippen molar-refractivity contribution in [2.45, 2.75) is 58.5 Å². The van der Waals surface area contributed by atoms with Gasteiger partial charge in [0.15, 0.2) is 5.65 Å². The molecule has 1 spiro atoms. The van der Waals surface area contributed by atoms with Crippen LogP contribution in [0.4, 0.5) is 0 Å². The maximum Gasteiger partial charge on any atom is 0.256 e. The quantitative estimate of drug-likeness (QED) is 0.871. The van der Waals surface area contributed by atoms with Gasteiger partial charge in [-0.05, 0) is 51.5 Å². The number of fused-ring (bicyclic) bond motifs is 1. The molecule has 3 fully saturated rings. The Bertz CT molecular complexity index is 831. The average Bonchev–Trinajstić information content (AvgIpc) is 3.23. The number of likely N-dealkylation sites (tertiary alicyclic amines) is 1. The van der Waals surface area contributed by atoms with E-state index >= 15 is 0 Å². The fourth-order valence-corrected chi connectivity index (χ4v) is 4.90. The van der Waals surface area contributed by atoms with Gasteiger partial charge in [0.1, 0.15) is 0 Å². The van der Waals surface area contributed by atoms with Gasteiger partial charge in [-0.25, -0.2) is 9.67 Å². The molecular weight excluding hydrogens is 300 g/mol. The van der Waals surface area contributed by atoms with Crippen molar-refractivity contribution in [3.05, 3.63) is 23.5 Å². The number of aryl methyl sites for hydroxylation is 2. The predicted molar refractivity (Wildman–Crippen MR) is 91.8 cm³/mol. The number of rotatable bonds is 3. The molecule has 2 saturated carbocycles. The molecule has 0 bridgehead atoms. The van der Waals surface area contributed by atoms with Crippen molar-refractivity contribution in [2.24, 2.45) is 11.3 Å². The summed E-state index contributed by atoms with van der Waals surface area (Å²) in [6, 6.07) is 2.49. The molecule has 3 heterocycles. The molecule has 1 aliphatic heterocycles. The van der Waals surface area contributed by atoms with Gasteiger partial charge < -0.3 is 4.90 Å². The maximum atomic E-state index is 13.2. The van der Waals surface area contributed by atoms with Crippen LogP contribution in [-0.4, -0.2) is 38.2 Å². The van der Waals surface area contributed by atoms with Crippen LogP contribution in [0.25, 0.3) is 11.0 Å². The minimum absolute atomic E-state index is 0.181. The van der Waals surface area contributed by atoms with Crippen LogP contribution in [0.3, 0.4) is 0 Å². The highest BCUT2D eigenvalue weighted by Crippen LogP contribution is 2.59. The van der Waals surface area contributed by atoms with Crippen LogP contribution in [-0.2, 0) is 6.54 Å². The van der Waals surface area contributed by atoms with Crippen LogP contribution in [0.15, 0.2) is 12.3 Å². The van der Waals surface area contributed by atoms with Crippen molar-refractivity contribution in [3.63, 3.8) is 0 Å². The van der Waals surface area contributed by atoms with Crippen molar-refractivity contribution < 1.29 is 4.79 Å². The lowest BCUT2D eigenvalue weighted by Gasteiger charge is -2.63. The molecule has 2 aromatic rings. The standard InChI is InChI=1S/C19H24N4O/c1-3-23-17-14(10-20-23)9-15(12(2)21-17)18(24)22-11-19(7-4-8-19)16(22)13-5-6-13/h9-10,13,16H,3-8,11H2,1-2H3. The van der Waals surface area contributed by atoms with E-state index in [0.717, 1.165) is 41.3 Å². The molecule has 1 amide bonds. The Hall–Kier alpha value is -1.91. The number of carbonyl (C=O) groups is 1. The number of hydrogen-bond acceptors (Lipinski definition) is 3. The summed E-state index contributed by atoms with van der Waals surface area (Å²) in [7, 11) is 0. The van der Waals surface area contributed by atoms with Crippen molar-refractivity contribution in [3.8, 4) is 0 Å². The van der Waals surface area contributed by atoms with Gasteiger partial charge in [0.25, 0.3) is 5.91 Å². The van der Waals surface area contributed by atoms with E-state index in [9.17, 15) is 4.79 Å². The van der Waals surface area contributed by atoms with E-state index in [4.69, 9.17) is 0 Å². The van der Waals surface area contributed by atoms with Crippen LogP contribution in [0, 0.1) is 18.3 Å². The van der Waals surface area contributed by atoms with Gasteiger partial charge in [-0.1, -0.05) is 6.42 Å². The summed E-state index contributed by atoms with van der Waals surface area (Å²) in [6.45, 7) is 5.76. The molecule has 3 aliphatic rings. The highest BCUT2D eigenvalue weighted by molar-refractivity contribution is 5.99. The minimum atomic E-state index is 0.181. The summed E-state index contributed by atoms with van der Waals surface area (Å²) < 4.78 is 1.89. The van der Waals surface area contributed by atoms with Gasteiger partial charge in [-0.15, -0.1) is 0 Å². The third-order valence-corrected chi connectivity index (χ3v) is 6.46. The van der Waals surface area contributed by atoms with Gasteiger partial charge in [0.2, 0.25) is 0 Å². The second-order valence-electron chi connectivity index (χ2n) is 7.93. The van der Waals surface area contributed by atoms with E-state index in [0.29, 0.717) is 11.5 Å². The Labute approximate surface area is 142 Å². The normalized spacial score (nSPS) is 24.9. The first-order valence-corrected chi connectivity index (χ1v) is 9.27. The minimum Gasteiger partial charge on any atom is -0.334 e. The Morgan fingerprint density at radius 2 is 2.17 bits per heavy atom. The largest absolute Gasteiger partial charge is 0.334 e. The van der Waals surface area contributed by atoms with Gasteiger partial charge in [0, 0.05) is 29.9 Å². The van der Waals surface area contributed by atoms with Crippen LogP contribution >= 0.6 is 0 Å². The van der Waals surface area contributed by atoms with Crippen molar-refractivity contribution in [1.29, 1.82) is 0 Å². The summed E-state index contributed by atoms with van der Waals surface area (Å²) in [5.41, 5.74) is 2.93. The summed E-state index contributed by atoms with van der Waals surface area (Å²) in [6.07, 6.45) is 8.40. The summed E-state index contributed by atoms with van der Waals surface area (Å²) in [4.78, 5) is 20.0. The monoisotopic (exact) mass is 324 g/mol. The van der Waals surface area contributed by atoms with E-state index in [2.05, 4.69) is 21.9 Å². The third-order valence-electron chi connectivity index (χ3n) is 6.46. The summed E-state index contributed by atoms with van der Waals surface area (Å²) in [5.74, 6) is 0.934. The molecule has 2 aromatic heterocycles. The number of aromatic nitrogens is 3. The molecule has 2 aliphatic carbocycles. The molecule has 5 heteroatoms. The zero-order valence-corrected chi connectivity index (χ0v) is 14.5. The first-order valence-electron chi connectivity index (χ1n) is 9.27. The molecule has 0 radical (unpaired) electrons. The highest BCUT2D eigenvalue weighted by Gasteiger charge is 2.61. The van der Waals surface area contributed by atoms with Crippen LogP contribution < -0.4 is 0 Å². The van der Waals surface area contributed by atoms with Gasteiger partial charge >= 0.3 is 0 Å². The lowest BCUT2D eigenvalue weighted by molar-refractivity contribution is -0.111. The Kier molecular flexibility index (Phi) is 2.89. The van der Waals surface area contributed by atoms with Crippen molar-refractivity contribution in [1.82, 2.24) is 19.7 Å². The first kappa shape index (κ1) is 14.4. The Balaban J connectivity index is 1.48. The molecular formula is C19H24N4O. The molecule has 0 N–H and O–H groups in total. The molecule has 1 atom stereocenters. The van der Waals surface area contributed by atoms with E-state index in [1.807, 2.05) is 23.9 Å². The first-order chi connectivity index (χ1) is 11.6. The van der Waals surface area contributed by atoms with Crippen LogP contribution in [0.2, 0.25) is 0 Å². The molecule has 5 rings (SSSR count). The molecule has 24 heavy (non-hydrogen) atoms. The zero-order chi connectivity index (χ0) is 16.5. The lowest BCUT2D eigenvalue weighted by Crippen LogP contribution is -2.69. The topological polar surface area (TPSA) is 51.0 Å². The van der Waals surface area contributed by atoms with Gasteiger partial charge in [0.05, 0.1) is 17.5 Å². The van der Waals surface area contributed by atoms with E-state index in [1.54, 1.807) is 0 Å². The maximum absolute atomic E-state index is 13.2. The Morgan fingerprint density at radius 3 is 2.79 bits per heavy atom. The number of hydrogen-bond donors (Lipinski definition) is 0. The molecule has 5 nitrogen and oxygen atoms in total. The van der Waals surface area contributed by atoms with Gasteiger partial charge in [-0.3, -0.25) is 4.79 Å². The molecule has 1 unspecified atom stereocenters. The second-order valence-corrected chi connectivity index (χ2v) is 7.93. The van der Waals surface area contributed by atoms with Crippen molar-refractivity contribution >= 4 is 16.9 Å². The van der Waals surface area contributed by atoms with Crippen LogP contribution in [0.1, 0.15) is 55.1 Å². The number of carbonyl (C=O) groups excluding carboxylic acids is 1. The van der Waals surface area contributed by atoms with E-state index in [1.165, 1.54) is 32.1 Å². The molecule has 126 valence electrons. The van der Waals surface area contributed by atoms with E-state index in [-0.39, 0.29) is 5.91 Å². The highest BCUT2D eigenvalue weighted by atomic mass is 16.2. The summed E-state index contributed by atoms with van der Waals surface area (Å²) in [5, 5.41) is 5.33. The fourth-order valence-electron chi connectivity index (χ4n) is 4.90. The third kappa shape index (κ3) is 1.84. The predicted octanol–water partition coefficient (Wildman–Crippen LogP) is 3.16. The van der Waals surface area contributed by atoms with Crippen molar-refractivity contribution in [2.75, 3.05) is 6.54 Å². The smallest absolute Gasteiger partial charge is 0.256 e. The second kappa shape index (κ2) is 4.80. The summed E-state index contributed by atoms with van der Waals surface area (Å²) >= 11 is 0. The van der Waals surface area contributed by atoms with Crippen LogP contribution in [0.5, 0.6) is 0 Å². The van der Waals surface area contributed by atoms with E-state index < -0.39 is 0 Å². The lowest BCUT2D eigenvalue weighted by atomic mass is 9.56. The number of amides is 1. The zero-order valence-electron chi connectivity index (χ0n) is 14.5. The molecule has 1 saturated heterocycles. The fraction of sp³-hybridized carbons (Fsp3) is 0.632. The Morgan fingerprint density at radius 1 is 1.38 bits per heavy atom. The number of nitrogens with zero attached hydrogens (tertiary/aromatic N) is 4. The SMILES string of the molecule is CCn1ncc2cc(C(=O)N3CC4(CCC4)C3C3CC3)c(C)nc21. The number of pyridine rings is 1. The average molecular weight is 324 g/mol.